The third-order valence-corrected chi connectivity index (χ3v) is 4.20. The van der Waals surface area contributed by atoms with Gasteiger partial charge in [0.1, 0.15) is 0 Å². The minimum Gasteiger partial charge on any atom is -0.466 e. The van der Waals surface area contributed by atoms with Gasteiger partial charge in [-0.15, -0.1) is 6.58 Å². The number of carbonyl (C=O) groups is 1. The topological polar surface area (TPSA) is 35.5 Å². The molecule has 0 aliphatic carbocycles. The second kappa shape index (κ2) is 13.1. The SMILES string of the molecule is C=CCCCCCCCCC(=O)OCCCO[Si](C)(C)C. The first-order chi connectivity index (χ1) is 9.95. The molecule has 0 spiro atoms. The van der Waals surface area contributed by atoms with E-state index in [1.165, 1.54) is 25.7 Å². The first kappa shape index (κ1) is 20.4. The van der Waals surface area contributed by atoms with Crippen molar-refractivity contribution in [3.8, 4) is 0 Å². The molecular weight excluding hydrogens is 280 g/mol. The van der Waals surface area contributed by atoms with Crippen LogP contribution in [0.3, 0.4) is 0 Å². The zero-order valence-corrected chi connectivity index (χ0v) is 15.3. The Morgan fingerprint density at radius 1 is 0.952 bits per heavy atom. The summed E-state index contributed by atoms with van der Waals surface area (Å²) in [4.78, 5) is 11.5. The average molecular weight is 315 g/mol. The highest BCUT2D eigenvalue weighted by Gasteiger charge is 2.13. The van der Waals surface area contributed by atoms with Gasteiger partial charge < -0.3 is 9.16 Å². The first-order valence-electron chi connectivity index (χ1n) is 8.36. The molecule has 4 heteroatoms. The number of carbonyl (C=O) groups excluding carboxylic acids is 1. The normalized spacial score (nSPS) is 11.4. The van der Waals surface area contributed by atoms with Crippen molar-refractivity contribution in [2.45, 2.75) is 77.4 Å². The Morgan fingerprint density at radius 2 is 1.57 bits per heavy atom. The van der Waals surface area contributed by atoms with Crippen molar-refractivity contribution in [1.29, 1.82) is 0 Å². The molecular formula is C17H34O3Si. The summed E-state index contributed by atoms with van der Waals surface area (Å²) in [5, 5.41) is 0. The van der Waals surface area contributed by atoms with Crippen molar-refractivity contribution in [2.75, 3.05) is 13.2 Å². The lowest BCUT2D eigenvalue weighted by atomic mass is 10.1. The summed E-state index contributed by atoms with van der Waals surface area (Å²) < 4.78 is 10.9. The molecule has 0 aliphatic rings. The molecule has 0 amide bonds. The van der Waals surface area contributed by atoms with Gasteiger partial charge in [-0.1, -0.05) is 31.8 Å². The second-order valence-electron chi connectivity index (χ2n) is 6.48. The smallest absolute Gasteiger partial charge is 0.305 e. The maximum Gasteiger partial charge on any atom is 0.305 e. The van der Waals surface area contributed by atoms with Crippen LogP contribution in [0.1, 0.15) is 57.8 Å². The van der Waals surface area contributed by atoms with E-state index in [0.717, 1.165) is 25.7 Å². The van der Waals surface area contributed by atoms with Gasteiger partial charge in [0.25, 0.3) is 0 Å². The van der Waals surface area contributed by atoms with E-state index >= 15 is 0 Å². The van der Waals surface area contributed by atoms with Crippen LogP contribution in [0.25, 0.3) is 0 Å². The lowest BCUT2D eigenvalue weighted by Gasteiger charge is -2.16. The van der Waals surface area contributed by atoms with Gasteiger partial charge in [-0.05, 0) is 38.9 Å². The Morgan fingerprint density at radius 3 is 2.19 bits per heavy atom. The molecule has 0 atom stereocenters. The van der Waals surface area contributed by atoms with Crippen LogP contribution in [0.2, 0.25) is 19.6 Å². The van der Waals surface area contributed by atoms with Crippen LogP contribution in [0.15, 0.2) is 12.7 Å². The van der Waals surface area contributed by atoms with Gasteiger partial charge in [0.05, 0.1) is 6.61 Å². The number of esters is 1. The number of hydrogen-bond donors (Lipinski definition) is 0. The van der Waals surface area contributed by atoms with E-state index in [1.54, 1.807) is 0 Å². The quantitative estimate of drug-likeness (QED) is 0.194. The fraction of sp³-hybridized carbons (Fsp3) is 0.824. The highest BCUT2D eigenvalue weighted by atomic mass is 28.4. The summed E-state index contributed by atoms with van der Waals surface area (Å²) in [6.07, 6.45) is 11.5. The predicted molar refractivity (Wildman–Crippen MR) is 92.0 cm³/mol. The molecule has 0 fully saturated rings. The Balaban J connectivity index is 3.25. The number of ether oxygens (including phenoxy) is 1. The molecule has 0 unspecified atom stereocenters. The number of unbranched alkanes of at least 4 members (excludes halogenated alkanes) is 6. The van der Waals surface area contributed by atoms with Crippen molar-refractivity contribution in [2.24, 2.45) is 0 Å². The molecule has 0 aliphatic heterocycles. The molecule has 0 aromatic heterocycles. The number of rotatable bonds is 14. The third kappa shape index (κ3) is 17.3. The largest absolute Gasteiger partial charge is 0.466 e. The summed E-state index contributed by atoms with van der Waals surface area (Å²) in [5.41, 5.74) is 0. The fourth-order valence-electron chi connectivity index (χ4n) is 1.96. The van der Waals surface area contributed by atoms with E-state index in [0.29, 0.717) is 19.6 Å². The molecule has 0 rings (SSSR count). The van der Waals surface area contributed by atoms with Gasteiger partial charge in [-0.3, -0.25) is 4.79 Å². The van der Waals surface area contributed by atoms with Crippen LogP contribution in [-0.2, 0) is 14.0 Å². The first-order valence-corrected chi connectivity index (χ1v) is 11.8. The molecule has 21 heavy (non-hydrogen) atoms. The van der Waals surface area contributed by atoms with Crippen LogP contribution in [0, 0.1) is 0 Å². The van der Waals surface area contributed by atoms with Gasteiger partial charge in [0.15, 0.2) is 8.32 Å². The van der Waals surface area contributed by atoms with Crippen LogP contribution >= 0.6 is 0 Å². The fourth-order valence-corrected chi connectivity index (χ4v) is 2.72. The Labute approximate surface area is 132 Å². The summed E-state index contributed by atoms with van der Waals surface area (Å²) in [7, 11) is -1.42. The van der Waals surface area contributed by atoms with Gasteiger partial charge in [0, 0.05) is 19.4 Å². The van der Waals surface area contributed by atoms with Crippen LogP contribution < -0.4 is 0 Å². The molecule has 0 radical (unpaired) electrons. The van der Waals surface area contributed by atoms with E-state index in [-0.39, 0.29) is 5.97 Å². The lowest BCUT2D eigenvalue weighted by Crippen LogP contribution is -2.26. The maximum atomic E-state index is 11.5. The van der Waals surface area contributed by atoms with E-state index in [2.05, 4.69) is 26.2 Å². The van der Waals surface area contributed by atoms with E-state index in [1.807, 2.05) is 6.08 Å². The van der Waals surface area contributed by atoms with Crippen LogP contribution in [0.5, 0.6) is 0 Å². The van der Waals surface area contributed by atoms with Crippen molar-refractivity contribution in [3.05, 3.63) is 12.7 Å². The van der Waals surface area contributed by atoms with Gasteiger partial charge >= 0.3 is 5.97 Å². The van der Waals surface area contributed by atoms with Gasteiger partial charge in [-0.2, -0.15) is 0 Å². The Bertz CT molecular complexity index is 272. The molecule has 0 aromatic rings. The molecule has 0 bridgehead atoms. The van der Waals surface area contributed by atoms with E-state index in [9.17, 15) is 4.79 Å². The van der Waals surface area contributed by atoms with E-state index in [4.69, 9.17) is 9.16 Å². The highest BCUT2D eigenvalue weighted by Crippen LogP contribution is 2.09. The molecule has 0 heterocycles. The molecule has 0 N–H and O–H groups in total. The molecule has 0 aromatic carbocycles. The van der Waals surface area contributed by atoms with E-state index < -0.39 is 8.32 Å². The monoisotopic (exact) mass is 314 g/mol. The predicted octanol–water partition coefficient (Wildman–Crippen LogP) is 5.08. The van der Waals surface area contributed by atoms with Crippen LogP contribution in [0.4, 0.5) is 0 Å². The van der Waals surface area contributed by atoms with Crippen molar-refractivity contribution in [1.82, 2.24) is 0 Å². The maximum absolute atomic E-state index is 11.5. The standard InChI is InChI=1S/C17H34O3Si/c1-5-6-7-8-9-10-11-12-14-17(18)19-15-13-16-20-21(2,3)4/h5H,1,6-16H2,2-4H3. The Hall–Kier alpha value is -0.613. The Kier molecular flexibility index (Phi) is 12.7. The highest BCUT2D eigenvalue weighted by molar-refractivity contribution is 6.69. The third-order valence-electron chi connectivity index (χ3n) is 3.13. The summed E-state index contributed by atoms with van der Waals surface area (Å²) in [5.74, 6) is -0.0605. The lowest BCUT2D eigenvalue weighted by molar-refractivity contribution is -0.144. The summed E-state index contributed by atoms with van der Waals surface area (Å²) in [6.45, 7) is 11.4. The molecule has 0 saturated heterocycles. The van der Waals surface area contributed by atoms with Gasteiger partial charge in [0.2, 0.25) is 0 Å². The number of hydrogen-bond acceptors (Lipinski definition) is 3. The zero-order chi connectivity index (χ0) is 16.0. The minimum absolute atomic E-state index is 0.0605. The van der Waals surface area contributed by atoms with Crippen molar-refractivity contribution in [3.63, 3.8) is 0 Å². The zero-order valence-electron chi connectivity index (χ0n) is 14.3. The average Bonchev–Trinajstić information content (AvgIpc) is 2.40. The summed E-state index contributed by atoms with van der Waals surface area (Å²) >= 11 is 0. The minimum atomic E-state index is -1.42. The molecule has 3 nitrogen and oxygen atoms in total. The van der Waals surface area contributed by atoms with Crippen LogP contribution in [-0.4, -0.2) is 27.5 Å². The summed E-state index contributed by atoms with van der Waals surface area (Å²) in [6, 6.07) is 0. The van der Waals surface area contributed by atoms with Crippen molar-refractivity contribution < 1.29 is 14.0 Å². The number of allylic oxidation sites excluding steroid dienone is 1. The molecule has 0 saturated carbocycles. The van der Waals surface area contributed by atoms with Gasteiger partial charge in [-0.25, -0.2) is 0 Å². The van der Waals surface area contributed by atoms with Crippen molar-refractivity contribution >= 4 is 14.3 Å². The second-order valence-corrected chi connectivity index (χ2v) is 11.0. The molecule has 124 valence electrons.